The minimum atomic E-state index is -1.49. The summed E-state index contributed by atoms with van der Waals surface area (Å²) in [5.41, 5.74) is 3.64. The van der Waals surface area contributed by atoms with E-state index in [2.05, 4.69) is 5.32 Å². The molecule has 14 nitrogen and oxygen atoms in total. The number of hydrogen-bond donors (Lipinski definition) is 4. The molecular weight excluding hydrogens is 648 g/mol. The van der Waals surface area contributed by atoms with Gasteiger partial charge in [0.05, 0.1) is 0 Å². The second kappa shape index (κ2) is 14.7. The molecule has 0 spiro atoms. The Kier molecular flexibility index (Phi) is 10.3. The first-order chi connectivity index (χ1) is 23.0. The molecule has 1 aliphatic rings. The second-order valence-electron chi connectivity index (χ2n) is 10.6. The highest BCUT2D eigenvalue weighted by Gasteiger charge is 2.30. The minimum absolute atomic E-state index is 0.00212. The zero-order valence-electron chi connectivity index (χ0n) is 25.0. The third kappa shape index (κ3) is 7.93. The van der Waals surface area contributed by atoms with E-state index in [9.17, 15) is 33.9 Å². The maximum absolute atomic E-state index is 12.6. The molecule has 4 N–H and O–H groups in total. The van der Waals surface area contributed by atoms with Crippen LogP contribution in [0.2, 0.25) is 0 Å². The molecule has 0 fully saturated rings. The van der Waals surface area contributed by atoms with E-state index in [0.717, 1.165) is 33.2 Å². The Hall–Kier alpha value is -5.83. The summed E-state index contributed by atoms with van der Waals surface area (Å²) in [6.07, 6.45) is -0.967. The van der Waals surface area contributed by atoms with Gasteiger partial charge in [-0.3, -0.25) is 9.59 Å². The van der Waals surface area contributed by atoms with Crippen molar-refractivity contribution < 1.29 is 53.2 Å². The van der Waals surface area contributed by atoms with Gasteiger partial charge in [-0.1, -0.05) is 48.5 Å². The smallest absolute Gasteiger partial charge is 0.407 e. The first kappa shape index (κ1) is 33.5. The summed E-state index contributed by atoms with van der Waals surface area (Å²) < 4.78 is 15.8. The van der Waals surface area contributed by atoms with Gasteiger partial charge in [0.25, 0.3) is 0 Å². The standard InChI is InChI=1S/C33H28N2O12S/c36-28(37)13-35(14-29(38)39)19-9-10-20-18(11-30(40)47-27(20)12-19)15-46-33(44)48-17-26(31(41)42)34-32(43)45-16-25-23-7-3-1-5-21(23)22-6-2-4-8-24(22)25/h1-12,25-26H,13-17H2,(H,34,43)(H,36,37)(H,38,39)(H,41,42)/t26-/m0/s1. The molecule has 4 aromatic rings. The van der Waals surface area contributed by atoms with Crippen molar-refractivity contribution in [1.82, 2.24) is 5.32 Å². The van der Waals surface area contributed by atoms with Crippen LogP contribution in [-0.2, 0) is 30.5 Å². The number of fused-ring (bicyclic) bond motifs is 4. The van der Waals surface area contributed by atoms with E-state index in [1.54, 1.807) is 0 Å². The average molecular weight is 677 g/mol. The van der Waals surface area contributed by atoms with E-state index >= 15 is 0 Å². The maximum Gasteiger partial charge on any atom is 0.407 e. The number of nitrogens with zero attached hydrogens (tertiary/aromatic N) is 1. The van der Waals surface area contributed by atoms with E-state index in [0.29, 0.717) is 17.1 Å². The fourth-order valence-electron chi connectivity index (χ4n) is 5.39. The van der Waals surface area contributed by atoms with E-state index in [4.69, 9.17) is 24.1 Å². The van der Waals surface area contributed by atoms with Crippen molar-refractivity contribution in [3.63, 3.8) is 0 Å². The quantitative estimate of drug-likeness (QED) is 0.116. The van der Waals surface area contributed by atoms with Crippen molar-refractivity contribution in [3.05, 3.63) is 99.9 Å². The second-order valence-corrected chi connectivity index (χ2v) is 11.6. The molecule has 0 radical (unpaired) electrons. The number of anilines is 1. The van der Waals surface area contributed by atoms with Crippen molar-refractivity contribution in [1.29, 1.82) is 0 Å². The summed E-state index contributed by atoms with van der Waals surface area (Å²) in [5, 5.41) is 29.6. The molecule has 1 atom stereocenters. The van der Waals surface area contributed by atoms with Crippen molar-refractivity contribution in [2.24, 2.45) is 0 Å². The third-order valence-electron chi connectivity index (χ3n) is 7.48. The van der Waals surface area contributed by atoms with E-state index in [1.807, 2.05) is 48.5 Å². The first-order valence-corrected chi connectivity index (χ1v) is 15.4. The van der Waals surface area contributed by atoms with Crippen LogP contribution in [0.4, 0.5) is 15.3 Å². The molecule has 5 rings (SSSR count). The number of thioether (sulfide) groups is 1. The molecule has 0 saturated carbocycles. The average Bonchev–Trinajstić information content (AvgIpc) is 3.36. The molecule has 1 aliphatic carbocycles. The van der Waals surface area contributed by atoms with Crippen molar-refractivity contribution >= 4 is 57.7 Å². The Labute approximate surface area is 275 Å². The highest BCUT2D eigenvalue weighted by atomic mass is 32.2. The lowest BCUT2D eigenvalue weighted by atomic mass is 9.98. The number of benzene rings is 3. The van der Waals surface area contributed by atoms with Gasteiger partial charge in [-0.15, -0.1) is 0 Å². The summed E-state index contributed by atoms with van der Waals surface area (Å²) in [7, 11) is 0. The van der Waals surface area contributed by atoms with Crippen LogP contribution in [0.25, 0.3) is 22.1 Å². The highest BCUT2D eigenvalue weighted by Crippen LogP contribution is 2.44. The SMILES string of the molecule is O=C(O)CN(CC(=O)O)c1ccc2c(COC(=O)SC[C@H](NC(=O)OCC3c4ccccc4-c4ccccc43)C(=O)O)cc(=O)oc2c1. The summed E-state index contributed by atoms with van der Waals surface area (Å²) >= 11 is 0.494. The summed E-state index contributed by atoms with van der Waals surface area (Å²) in [4.78, 5) is 72.6. The molecule has 1 heterocycles. The number of carboxylic acid groups (broad SMARTS) is 3. The first-order valence-electron chi connectivity index (χ1n) is 14.4. The van der Waals surface area contributed by atoms with Gasteiger partial charge in [-0.05, 0) is 46.1 Å². The van der Waals surface area contributed by atoms with Crippen LogP contribution >= 0.6 is 11.8 Å². The normalized spacial score (nSPS) is 12.4. The lowest BCUT2D eigenvalue weighted by Crippen LogP contribution is -2.43. The number of hydrogen-bond acceptors (Lipinski definition) is 11. The van der Waals surface area contributed by atoms with E-state index in [-0.39, 0.29) is 35.1 Å². The Morgan fingerprint density at radius 3 is 2.08 bits per heavy atom. The molecule has 0 bridgehead atoms. The predicted molar refractivity (Wildman–Crippen MR) is 172 cm³/mol. The summed E-state index contributed by atoms with van der Waals surface area (Å²) in [5.74, 6) is -4.55. The molecule has 1 aromatic heterocycles. The van der Waals surface area contributed by atoms with E-state index < -0.39 is 60.7 Å². The fraction of sp³-hybridized carbons (Fsp3) is 0.212. The molecule has 248 valence electrons. The number of aliphatic carboxylic acids is 3. The number of nitrogens with one attached hydrogen (secondary N) is 1. The minimum Gasteiger partial charge on any atom is -0.480 e. The predicted octanol–water partition coefficient (Wildman–Crippen LogP) is 4.13. The number of alkyl carbamates (subject to hydrolysis) is 1. The van der Waals surface area contributed by atoms with Crippen molar-refractivity contribution in [3.8, 4) is 11.1 Å². The lowest BCUT2D eigenvalue weighted by molar-refractivity contribution is -0.139. The molecular formula is C33H28N2O12S. The van der Waals surface area contributed by atoms with Gasteiger partial charge >= 0.3 is 34.9 Å². The Morgan fingerprint density at radius 1 is 0.854 bits per heavy atom. The van der Waals surface area contributed by atoms with Crippen LogP contribution in [0.3, 0.4) is 0 Å². The summed E-state index contributed by atoms with van der Waals surface area (Å²) in [6.45, 7) is -1.67. The van der Waals surface area contributed by atoms with Crippen LogP contribution < -0.4 is 15.8 Å². The zero-order chi connectivity index (χ0) is 34.4. The monoisotopic (exact) mass is 676 g/mol. The number of amides is 1. The number of carboxylic acids is 3. The largest absolute Gasteiger partial charge is 0.480 e. The molecule has 1 amide bonds. The highest BCUT2D eigenvalue weighted by molar-refractivity contribution is 8.13. The Balaban J connectivity index is 1.17. The molecule has 48 heavy (non-hydrogen) atoms. The summed E-state index contributed by atoms with van der Waals surface area (Å²) in [6, 6.07) is 19.3. The van der Waals surface area contributed by atoms with Gasteiger partial charge in [0.1, 0.15) is 37.9 Å². The van der Waals surface area contributed by atoms with Gasteiger partial charge in [0.15, 0.2) is 0 Å². The fourth-order valence-corrected chi connectivity index (χ4v) is 6.06. The lowest BCUT2D eigenvalue weighted by Gasteiger charge is -2.21. The van der Waals surface area contributed by atoms with Gasteiger partial charge in [-0.25, -0.2) is 19.2 Å². The number of carbonyl (C=O) groups is 5. The van der Waals surface area contributed by atoms with Crippen molar-refractivity contribution in [2.45, 2.75) is 18.6 Å². The molecule has 3 aromatic carbocycles. The topological polar surface area (TPSA) is 210 Å². The van der Waals surface area contributed by atoms with Crippen LogP contribution in [-0.4, -0.2) is 76.1 Å². The van der Waals surface area contributed by atoms with Crippen molar-refractivity contribution in [2.75, 3.05) is 30.3 Å². The van der Waals surface area contributed by atoms with Crippen LogP contribution in [0.15, 0.2) is 82.0 Å². The Morgan fingerprint density at radius 2 is 1.48 bits per heavy atom. The van der Waals surface area contributed by atoms with Gasteiger partial charge in [0.2, 0.25) is 0 Å². The van der Waals surface area contributed by atoms with Crippen LogP contribution in [0, 0.1) is 0 Å². The number of carbonyl (C=O) groups excluding carboxylic acids is 2. The molecule has 0 saturated heterocycles. The van der Waals surface area contributed by atoms with Gasteiger partial charge in [0, 0.05) is 40.4 Å². The maximum atomic E-state index is 12.6. The van der Waals surface area contributed by atoms with Crippen LogP contribution in [0.1, 0.15) is 22.6 Å². The van der Waals surface area contributed by atoms with Crippen LogP contribution in [0.5, 0.6) is 0 Å². The van der Waals surface area contributed by atoms with E-state index in [1.165, 1.54) is 18.2 Å². The third-order valence-corrected chi connectivity index (χ3v) is 8.33. The molecule has 0 unspecified atom stereocenters. The molecule has 15 heteroatoms. The number of rotatable bonds is 13. The van der Waals surface area contributed by atoms with Gasteiger partial charge in [-0.2, -0.15) is 0 Å². The number of ether oxygens (including phenoxy) is 2. The Bertz CT molecular complexity index is 1900. The van der Waals surface area contributed by atoms with Gasteiger partial charge < -0.3 is 39.4 Å². The molecule has 0 aliphatic heterocycles. The zero-order valence-corrected chi connectivity index (χ0v) is 25.8.